The number of hydrogen-bond donors (Lipinski definition) is 2. The lowest BCUT2D eigenvalue weighted by Gasteiger charge is -2.12. The van der Waals surface area contributed by atoms with Crippen molar-refractivity contribution < 1.29 is 4.79 Å². The van der Waals surface area contributed by atoms with Gasteiger partial charge in [-0.3, -0.25) is 4.79 Å². The molecule has 0 spiro atoms. The normalized spacial score (nSPS) is 15.2. The van der Waals surface area contributed by atoms with E-state index in [0.29, 0.717) is 13.0 Å². The number of carbonyl (C=O) groups is 1. The van der Waals surface area contributed by atoms with Crippen LogP contribution in [0, 0.1) is 0 Å². The Morgan fingerprint density at radius 2 is 2.04 bits per heavy atom. The first-order chi connectivity index (χ1) is 12.2. The highest BCUT2D eigenvalue weighted by molar-refractivity contribution is 5.81. The second-order valence-electron chi connectivity index (χ2n) is 6.69. The Morgan fingerprint density at radius 3 is 2.88 bits per heavy atom. The second kappa shape index (κ2) is 8.76. The number of hydrogen-bond acceptors (Lipinski definition) is 4. The minimum absolute atomic E-state index is 0.0936. The number of benzene rings is 1. The molecule has 25 heavy (non-hydrogen) atoms. The monoisotopic (exact) mass is 341 g/mol. The van der Waals surface area contributed by atoms with Crippen molar-refractivity contribution >= 4 is 5.91 Å². The molecule has 1 aliphatic rings. The molecule has 1 amide bonds. The number of rotatable bonds is 7. The van der Waals surface area contributed by atoms with Crippen molar-refractivity contribution in [1.29, 1.82) is 0 Å². The number of fused-ring (bicyclic) bond motifs is 1. The molecule has 2 aromatic rings. The van der Waals surface area contributed by atoms with Crippen molar-refractivity contribution in [2.45, 2.75) is 57.5 Å². The number of aryl methyl sites for hydroxylation is 2. The molecule has 1 aromatic heterocycles. The average molecular weight is 341 g/mol. The van der Waals surface area contributed by atoms with Crippen molar-refractivity contribution in [1.82, 2.24) is 20.1 Å². The van der Waals surface area contributed by atoms with Crippen molar-refractivity contribution in [3.05, 3.63) is 47.5 Å². The summed E-state index contributed by atoms with van der Waals surface area (Å²) in [5.41, 5.74) is 7.08. The fourth-order valence-corrected chi connectivity index (χ4v) is 3.28. The highest BCUT2D eigenvalue weighted by Gasteiger charge is 2.15. The van der Waals surface area contributed by atoms with Gasteiger partial charge in [0.2, 0.25) is 5.91 Å². The molecule has 0 radical (unpaired) electrons. The SMILES string of the molecule is NC(Cc1ccccc1)C(=O)NCCCc1nnc2n1CCCCC2. The largest absolute Gasteiger partial charge is 0.355 e. The highest BCUT2D eigenvalue weighted by atomic mass is 16.2. The molecule has 1 unspecified atom stereocenters. The predicted octanol–water partition coefficient (Wildman–Crippen LogP) is 1.62. The Morgan fingerprint density at radius 1 is 1.20 bits per heavy atom. The van der Waals surface area contributed by atoms with E-state index in [1.54, 1.807) is 0 Å². The van der Waals surface area contributed by atoms with Crippen LogP contribution in [0.2, 0.25) is 0 Å². The molecule has 3 N–H and O–H groups in total. The molecule has 1 atom stereocenters. The summed E-state index contributed by atoms with van der Waals surface area (Å²) in [4.78, 5) is 12.1. The quantitative estimate of drug-likeness (QED) is 0.750. The molecule has 2 heterocycles. The molecule has 1 aromatic carbocycles. The smallest absolute Gasteiger partial charge is 0.237 e. The molecule has 6 heteroatoms. The summed E-state index contributed by atoms with van der Waals surface area (Å²) in [5.74, 6) is 2.06. The van der Waals surface area contributed by atoms with Crippen LogP contribution >= 0.6 is 0 Å². The number of amides is 1. The van der Waals surface area contributed by atoms with E-state index in [1.165, 1.54) is 19.3 Å². The highest BCUT2D eigenvalue weighted by Crippen LogP contribution is 2.15. The number of nitrogens with zero attached hydrogens (tertiary/aromatic N) is 3. The minimum Gasteiger partial charge on any atom is -0.355 e. The summed E-state index contributed by atoms with van der Waals surface area (Å²) < 4.78 is 2.26. The number of carbonyl (C=O) groups excluding carboxylic acids is 1. The van der Waals surface area contributed by atoms with E-state index in [2.05, 4.69) is 20.1 Å². The Bertz CT molecular complexity index is 682. The maximum atomic E-state index is 12.1. The van der Waals surface area contributed by atoms with E-state index >= 15 is 0 Å². The van der Waals surface area contributed by atoms with Gasteiger partial charge in [0, 0.05) is 25.9 Å². The van der Waals surface area contributed by atoms with Crippen LogP contribution < -0.4 is 11.1 Å². The van der Waals surface area contributed by atoms with Crippen molar-refractivity contribution in [2.75, 3.05) is 6.54 Å². The molecule has 0 fully saturated rings. The number of nitrogens with two attached hydrogens (primary N) is 1. The van der Waals surface area contributed by atoms with E-state index in [4.69, 9.17) is 5.73 Å². The lowest BCUT2D eigenvalue weighted by atomic mass is 10.1. The van der Waals surface area contributed by atoms with Gasteiger partial charge < -0.3 is 15.6 Å². The Balaban J connectivity index is 1.41. The molecular weight excluding hydrogens is 314 g/mol. The molecular formula is C19H27N5O. The third kappa shape index (κ3) is 4.89. The van der Waals surface area contributed by atoms with Crippen LogP contribution in [0.3, 0.4) is 0 Å². The Kier molecular flexibility index (Phi) is 6.17. The van der Waals surface area contributed by atoms with Gasteiger partial charge >= 0.3 is 0 Å². The van der Waals surface area contributed by atoms with Gasteiger partial charge in [0.1, 0.15) is 11.6 Å². The molecule has 0 aliphatic carbocycles. The molecule has 3 rings (SSSR count). The first-order valence-corrected chi connectivity index (χ1v) is 9.22. The third-order valence-corrected chi connectivity index (χ3v) is 4.70. The average Bonchev–Trinajstić information content (AvgIpc) is 2.86. The van der Waals surface area contributed by atoms with Gasteiger partial charge in [0.25, 0.3) is 0 Å². The zero-order valence-electron chi connectivity index (χ0n) is 14.7. The first-order valence-electron chi connectivity index (χ1n) is 9.22. The van der Waals surface area contributed by atoms with Crippen LogP contribution in [-0.4, -0.2) is 33.3 Å². The van der Waals surface area contributed by atoms with E-state index in [1.807, 2.05) is 30.3 Å². The van der Waals surface area contributed by atoms with Gasteiger partial charge in [-0.15, -0.1) is 10.2 Å². The number of aromatic nitrogens is 3. The lowest BCUT2D eigenvalue weighted by molar-refractivity contribution is -0.122. The van der Waals surface area contributed by atoms with Gasteiger partial charge in [-0.25, -0.2) is 0 Å². The second-order valence-corrected chi connectivity index (χ2v) is 6.69. The predicted molar refractivity (Wildman–Crippen MR) is 97.0 cm³/mol. The zero-order valence-corrected chi connectivity index (χ0v) is 14.7. The van der Waals surface area contributed by atoms with Gasteiger partial charge in [-0.05, 0) is 31.2 Å². The van der Waals surface area contributed by atoms with Gasteiger partial charge in [-0.1, -0.05) is 36.8 Å². The lowest BCUT2D eigenvalue weighted by Crippen LogP contribution is -2.42. The van der Waals surface area contributed by atoms with Crippen molar-refractivity contribution in [3.63, 3.8) is 0 Å². The topological polar surface area (TPSA) is 85.8 Å². The molecule has 0 bridgehead atoms. The van der Waals surface area contributed by atoms with E-state index in [-0.39, 0.29) is 5.91 Å². The fraction of sp³-hybridized carbons (Fsp3) is 0.526. The standard InChI is InChI=1S/C19H27N5O/c20-16(14-15-8-3-1-4-9-15)19(25)21-12-7-11-18-23-22-17-10-5-2-6-13-24(17)18/h1,3-4,8-9,16H,2,5-7,10-14,20H2,(H,21,25). The maximum absolute atomic E-state index is 12.1. The van der Waals surface area contributed by atoms with E-state index < -0.39 is 6.04 Å². The van der Waals surface area contributed by atoms with Crippen LogP contribution in [0.5, 0.6) is 0 Å². The summed E-state index contributed by atoms with van der Waals surface area (Å²) in [7, 11) is 0. The molecule has 0 saturated heterocycles. The molecule has 6 nitrogen and oxygen atoms in total. The van der Waals surface area contributed by atoms with Gasteiger partial charge in [0.05, 0.1) is 6.04 Å². The summed E-state index contributed by atoms with van der Waals surface area (Å²) in [5, 5.41) is 11.6. The van der Waals surface area contributed by atoms with Crippen LogP contribution in [-0.2, 0) is 30.6 Å². The van der Waals surface area contributed by atoms with E-state index in [0.717, 1.165) is 43.0 Å². The molecule has 0 saturated carbocycles. The fourth-order valence-electron chi connectivity index (χ4n) is 3.28. The zero-order chi connectivity index (χ0) is 17.5. The van der Waals surface area contributed by atoms with Crippen LogP contribution in [0.4, 0.5) is 0 Å². The summed E-state index contributed by atoms with van der Waals surface area (Å²) >= 11 is 0. The van der Waals surface area contributed by atoms with Crippen molar-refractivity contribution in [2.24, 2.45) is 5.73 Å². The van der Waals surface area contributed by atoms with Crippen LogP contribution in [0.25, 0.3) is 0 Å². The third-order valence-electron chi connectivity index (χ3n) is 4.70. The summed E-state index contributed by atoms with van der Waals surface area (Å²) in [6.45, 7) is 1.63. The van der Waals surface area contributed by atoms with Crippen LogP contribution in [0.15, 0.2) is 30.3 Å². The Hall–Kier alpha value is -2.21. The molecule has 1 aliphatic heterocycles. The summed E-state index contributed by atoms with van der Waals surface area (Å²) in [6, 6.07) is 9.35. The van der Waals surface area contributed by atoms with Gasteiger partial charge in [0.15, 0.2) is 0 Å². The summed E-state index contributed by atoms with van der Waals surface area (Å²) in [6.07, 6.45) is 6.93. The first kappa shape index (κ1) is 17.6. The van der Waals surface area contributed by atoms with Crippen LogP contribution in [0.1, 0.15) is 42.9 Å². The molecule has 134 valence electrons. The van der Waals surface area contributed by atoms with Crippen molar-refractivity contribution in [3.8, 4) is 0 Å². The Labute approximate surface area is 148 Å². The van der Waals surface area contributed by atoms with E-state index in [9.17, 15) is 4.79 Å². The van der Waals surface area contributed by atoms with Gasteiger partial charge in [-0.2, -0.15) is 0 Å². The minimum atomic E-state index is -0.508. The number of nitrogens with one attached hydrogen (secondary N) is 1. The maximum Gasteiger partial charge on any atom is 0.237 e.